The van der Waals surface area contributed by atoms with Gasteiger partial charge in [0.15, 0.2) is 11.5 Å². The third-order valence-electron chi connectivity index (χ3n) is 4.26. The summed E-state index contributed by atoms with van der Waals surface area (Å²) in [7, 11) is 4.51. The quantitative estimate of drug-likeness (QED) is 0.148. The van der Waals surface area contributed by atoms with Gasteiger partial charge in [0.2, 0.25) is 11.1 Å². The third-order valence-corrected chi connectivity index (χ3v) is 5.20. The first-order chi connectivity index (χ1) is 15.9. The maximum Gasteiger partial charge on any atom is 0.264 e. The first-order valence-electron chi connectivity index (χ1n) is 9.46. The largest absolute Gasteiger partial charge is 0.504 e. The fraction of sp³-hybridized carbons (Fsp3) is 0.200. The molecule has 174 valence electrons. The second-order valence-corrected chi connectivity index (χ2v) is 7.32. The summed E-state index contributed by atoms with van der Waals surface area (Å²) in [6.07, 6.45) is 1.47. The average molecular weight is 474 g/mol. The molecule has 13 heteroatoms. The van der Waals surface area contributed by atoms with Gasteiger partial charge in [-0.15, -0.1) is 10.2 Å². The highest BCUT2D eigenvalue weighted by Gasteiger charge is 2.14. The van der Waals surface area contributed by atoms with Crippen LogP contribution in [0.1, 0.15) is 5.56 Å². The number of nitrogens with one attached hydrogen (secondary N) is 2. The van der Waals surface area contributed by atoms with E-state index in [9.17, 15) is 9.90 Å². The number of nitrogens with zero attached hydrogens (tertiary/aromatic N) is 4. The highest BCUT2D eigenvalue weighted by molar-refractivity contribution is 7.99. The summed E-state index contributed by atoms with van der Waals surface area (Å²) in [5.74, 6) is 7.33. The molecule has 1 heterocycles. The number of carbonyl (C=O) groups is 1. The Kier molecular flexibility index (Phi) is 7.81. The van der Waals surface area contributed by atoms with Gasteiger partial charge in [-0.05, 0) is 35.9 Å². The molecule has 0 radical (unpaired) electrons. The second-order valence-electron chi connectivity index (χ2n) is 6.38. The SMILES string of the molecule is COc1ccc(OC)c(NC(=O)CSc2nnc(N/N=C/c3ccc(OC)c(O)c3)n2N)c1. The molecular weight excluding hydrogens is 450 g/mol. The number of benzene rings is 2. The number of aromatic nitrogens is 3. The van der Waals surface area contributed by atoms with Gasteiger partial charge in [-0.3, -0.25) is 4.79 Å². The van der Waals surface area contributed by atoms with E-state index < -0.39 is 0 Å². The van der Waals surface area contributed by atoms with Crippen molar-refractivity contribution in [3.63, 3.8) is 0 Å². The van der Waals surface area contributed by atoms with Crippen molar-refractivity contribution in [2.75, 3.05) is 43.7 Å². The van der Waals surface area contributed by atoms with Crippen LogP contribution in [0.2, 0.25) is 0 Å². The van der Waals surface area contributed by atoms with E-state index in [2.05, 4.69) is 26.0 Å². The summed E-state index contributed by atoms with van der Waals surface area (Å²) in [4.78, 5) is 12.4. The maximum absolute atomic E-state index is 12.4. The molecule has 5 N–H and O–H groups in total. The van der Waals surface area contributed by atoms with Gasteiger partial charge in [0.25, 0.3) is 5.95 Å². The number of carbonyl (C=O) groups excluding carboxylic acids is 1. The Labute approximate surface area is 193 Å². The van der Waals surface area contributed by atoms with Gasteiger partial charge in [0.1, 0.15) is 11.5 Å². The van der Waals surface area contributed by atoms with Gasteiger partial charge in [0, 0.05) is 6.07 Å². The van der Waals surface area contributed by atoms with E-state index in [0.717, 1.165) is 11.8 Å². The van der Waals surface area contributed by atoms with Crippen LogP contribution >= 0.6 is 11.8 Å². The Morgan fingerprint density at radius 3 is 2.61 bits per heavy atom. The molecule has 12 nitrogen and oxygen atoms in total. The van der Waals surface area contributed by atoms with E-state index in [1.165, 1.54) is 38.3 Å². The number of rotatable bonds is 10. The number of hydrazone groups is 1. The summed E-state index contributed by atoms with van der Waals surface area (Å²) in [5.41, 5.74) is 3.77. The van der Waals surface area contributed by atoms with Gasteiger partial charge in [-0.2, -0.15) is 5.10 Å². The fourth-order valence-electron chi connectivity index (χ4n) is 2.63. The lowest BCUT2D eigenvalue weighted by molar-refractivity contribution is -0.113. The van der Waals surface area contributed by atoms with E-state index >= 15 is 0 Å². The molecule has 33 heavy (non-hydrogen) atoms. The summed E-state index contributed by atoms with van der Waals surface area (Å²) in [6, 6.07) is 9.92. The van der Waals surface area contributed by atoms with Gasteiger partial charge < -0.3 is 30.5 Å². The van der Waals surface area contributed by atoms with Gasteiger partial charge in [-0.1, -0.05) is 11.8 Å². The average Bonchev–Trinajstić information content (AvgIpc) is 3.17. The number of phenolic OH excluding ortho intramolecular Hbond substituents is 1. The molecule has 0 spiro atoms. The van der Waals surface area contributed by atoms with Crippen LogP contribution in [0.25, 0.3) is 0 Å². The highest BCUT2D eigenvalue weighted by atomic mass is 32.2. The molecular formula is C20H23N7O5S. The zero-order valence-corrected chi connectivity index (χ0v) is 18.9. The van der Waals surface area contributed by atoms with E-state index in [4.69, 9.17) is 20.1 Å². The number of nitrogens with two attached hydrogens (primary N) is 1. The molecule has 0 saturated carbocycles. The van der Waals surface area contributed by atoms with E-state index in [-0.39, 0.29) is 23.4 Å². The summed E-state index contributed by atoms with van der Waals surface area (Å²) < 4.78 is 16.6. The number of aromatic hydroxyl groups is 1. The number of ether oxygens (including phenoxy) is 3. The predicted octanol–water partition coefficient (Wildman–Crippen LogP) is 1.90. The van der Waals surface area contributed by atoms with Crippen molar-refractivity contribution < 1.29 is 24.1 Å². The van der Waals surface area contributed by atoms with Crippen LogP contribution < -0.4 is 30.8 Å². The molecule has 0 fully saturated rings. The molecule has 2 aromatic carbocycles. The summed E-state index contributed by atoms with van der Waals surface area (Å²) in [6.45, 7) is 0. The fourth-order valence-corrected chi connectivity index (χ4v) is 3.29. The Balaban J connectivity index is 1.57. The molecule has 0 saturated heterocycles. The van der Waals surface area contributed by atoms with E-state index in [1.807, 2.05) is 0 Å². The number of thioether (sulfide) groups is 1. The van der Waals surface area contributed by atoms with E-state index in [0.29, 0.717) is 33.7 Å². The van der Waals surface area contributed by atoms with Gasteiger partial charge >= 0.3 is 0 Å². The lowest BCUT2D eigenvalue weighted by Gasteiger charge is -2.11. The zero-order chi connectivity index (χ0) is 23.8. The van der Waals surface area contributed by atoms with Crippen molar-refractivity contribution in [2.24, 2.45) is 5.10 Å². The number of nitrogen functional groups attached to an aromatic ring is 1. The molecule has 0 aliphatic heterocycles. The molecule has 3 rings (SSSR count). The molecule has 0 bridgehead atoms. The number of hydrogen-bond donors (Lipinski definition) is 4. The van der Waals surface area contributed by atoms with Crippen molar-refractivity contribution in [1.82, 2.24) is 14.9 Å². The molecule has 1 aromatic heterocycles. The van der Waals surface area contributed by atoms with Crippen molar-refractivity contribution >= 4 is 35.5 Å². The molecule has 0 atom stereocenters. The van der Waals surface area contributed by atoms with Gasteiger partial charge in [-0.25, -0.2) is 10.1 Å². The molecule has 3 aromatic rings. The molecule has 0 aliphatic carbocycles. The summed E-state index contributed by atoms with van der Waals surface area (Å²) >= 11 is 1.10. The minimum absolute atomic E-state index is 0.00743. The minimum atomic E-state index is -0.290. The van der Waals surface area contributed by atoms with Crippen molar-refractivity contribution in [2.45, 2.75) is 5.16 Å². The topological polar surface area (TPSA) is 158 Å². The molecule has 0 unspecified atom stereocenters. The minimum Gasteiger partial charge on any atom is -0.504 e. The zero-order valence-electron chi connectivity index (χ0n) is 18.1. The standard InChI is InChI=1S/C20H23N7O5S/c1-30-13-5-7-16(31-2)14(9-13)23-18(29)11-33-20-26-25-19(27(20)21)24-22-10-12-4-6-17(32-3)15(28)8-12/h4-10,28H,11,21H2,1-3H3,(H,23,29)(H,24,25)/b22-10+. The number of amides is 1. The normalized spacial score (nSPS) is 10.8. The van der Waals surface area contributed by atoms with Crippen molar-refractivity contribution in [3.8, 4) is 23.0 Å². The Morgan fingerprint density at radius 2 is 1.91 bits per heavy atom. The first kappa shape index (κ1) is 23.5. The van der Waals surface area contributed by atoms with Crippen LogP contribution in [0, 0.1) is 0 Å². The highest BCUT2D eigenvalue weighted by Crippen LogP contribution is 2.29. The molecule has 1 amide bonds. The number of anilines is 2. The van der Waals surface area contributed by atoms with Crippen LogP contribution in [-0.2, 0) is 4.79 Å². The van der Waals surface area contributed by atoms with Crippen LogP contribution in [0.4, 0.5) is 11.6 Å². The van der Waals surface area contributed by atoms with Crippen molar-refractivity contribution in [3.05, 3.63) is 42.0 Å². The number of methoxy groups -OCH3 is 3. The van der Waals surface area contributed by atoms with Crippen LogP contribution in [0.5, 0.6) is 23.0 Å². The third kappa shape index (κ3) is 5.98. The smallest absolute Gasteiger partial charge is 0.264 e. The number of phenols is 1. The Hall–Kier alpha value is -4.13. The van der Waals surface area contributed by atoms with Crippen LogP contribution in [0.3, 0.4) is 0 Å². The van der Waals surface area contributed by atoms with Crippen LogP contribution in [0.15, 0.2) is 46.7 Å². The first-order valence-corrected chi connectivity index (χ1v) is 10.4. The lowest BCUT2D eigenvalue weighted by Crippen LogP contribution is -2.17. The van der Waals surface area contributed by atoms with Crippen LogP contribution in [-0.4, -0.2) is 59.2 Å². The Morgan fingerprint density at radius 1 is 1.15 bits per heavy atom. The second kappa shape index (κ2) is 10.9. The Bertz CT molecular complexity index is 1150. The van der Waals surface area contributed by atoms with Gasteiger partial charge in [0.05, 0.1) is 39.0 Å². The van der Waals surface area contributed by atoms with E-state index in [1.54, 1.807) is 30.3 Å². The lowest BCUT2D eigenvalue weighted by atomic mass is 10.2. The maximum atomic E-state index is 12.4. The number of hydrogen-bond acceptors (Lipinski definition) is 11. The monoisotopic (exact) mass is 473 g/mol. The van der Waals surface area contributed by atoms with Crippen molar-refractivity contribution in [1.29, 1.82) is 0 Å². The molecule has 0 aliphatic rings. The predicted molar refractivity (Wildman–Crippen MR) is 125 cm³/mol. The summed E-state index contributed by atoms with van der Waals surface area (Å²) in [5, 5.41) is 24.8.